The maximum absolute atomic E-state index is 12.4. The van der Waals surface area contributed by atoms with Crippen molar-refractivity contribution in [3.63, 3.8) is 0 Å². The van der Waals surface area contributed by atoms with E-state index in [2.05, 4.69) is 6.58 Å². The van der Waals surface area contributed by atoms with Crippen LogP contribution in [0.2, 0.25) is 0 Å². The maximum atomic E-state index is 12.4. The molecule has 0 N–H and O–H groups in total. The van der Waals surface area contributed by atoms with Gasteiger partial charge in [-0.1, -0.05) is 25.7 Å². The number of nitrogens with zero attached hydrogens (tertiary/aromatic N) is 1. The van der Waals surface area contributed by atoms with Gasteiger partial charge < -0.3 is 17.8 Å². The summed E-state index contributed by atoms with van der Waals surface area (Å²) in [5, 5.41) is 0. The Kier molecular flexibility index (Phi) is 5.39. The Bertz CT molecular complexity index is 218. The van der Waals surface area contributed by atoms with Gasteiger partial charge in [0.25, 0.3) is 0 Å². The second-order valence-corrected chi connectivity index (χ2v) is 4.63. The van der Waals surface area contributed by atoms with Gasteiger partial charge in [0.1, 0.15) is 0 Å². The number of rotatable bonds is 3. The smallest absolute Gasteiger partial charge is 0.445 e. The number of halogens is 3. The molecule has 1 nitrogen and oxygen atoms in total. The summed E-state index contributed by atoms with van der Waals surface area (Å²) in [6, 6.07) is 0. The normalized spacial score (nSPS) is 20.9. The lowest BCUT2D eigenvalue weighted by molar-refractivity contribution is 0.289. The van der Waals surface area contributed by atoms with Crippen molar-refractivity contribution >= 4 is 6.98 Å². The van der Waals surface area contributed by atoms with Crippen LogP contribution in [0, 0.1) is 0 Å². The van der Waals surface area contributed by atoms with Gasteiger partial charge in [-0.3, -0.25) is 0 Å². The molecule has 0 aromatic carbocycles. The molecule has 0 spiro atoms. The van der Waals surface area contributed by atoms with Gasteiger partial charge in [-0.15, -0.1) is 12.1 Å². The summed E-state index contributed by atoms with van der Waals surface area (Å²) < 4.78 is 37.2. The number of hydrogen-bond donors (Lipinski definition) is 0. The molecule has 1 aliphatic heterocycles. The zero-order valence-electron chi connectivity index (χ0n) is 9.73. The standard InChI is InChI=1S/C11H20BF3N/c1-11(12(13,14)15)10-16-8-6-4-2-3-5-7-9-16/h1-10H2/q-1. The monoisotopic (exact) mass is 234 g/mol. The van der Waals surface area contributed by atoms with Gasteiger partial charge >= 0.3 is 6.98 Å². The molecule has 1 saturated heterocycles. The molecule has 0 radical (unpaired) electrons. The van der Waals surface area contributed by atoms with Crippen LogP contribution >= 0.6 is 0 Å². The van der Waals surface area contributed by atoms with Crippen molar-refractivity contribution in [1.82, 2.24) is 4.90 Å². The van der Waals surface area contributed by atoms with Gasteiger partial charge in [-0.25, -0.2) is 0 Å². The Morgan fingerprint density at radius 1 is 0.938 bits per heavy atom. The van der Waals surface area contributed by atoms with E-state index in [1.165, 1.54) is 12.8 Å². The molecule has 0 bridgehead atoms. The first-order chi connectivity index (χ1) is 7.50. The predicted molar refractivity (Wildman–Crippen MR) is 62.4 cm³/mol. The van der Waals surface area contributed by atoms with E-state index in [1.54, 1.807) is 0 Å². The van der Waals surface area contributed by atoms with E-state index in [1.807, 2.05) is 4.90 Å². The number of hydrogen-bond acceptors (Lipinski definition) is 1. The second kappa shape index (κ2) is 6.33. The van der Waals surface area contributed by atoms with Gasteiger partial charge in [0.2, 0.25) is 0 Å². The van der Waals surface area contributed by atoms with Gasteiger partial charge in [0.05, 0.1) is 0 Å². The second-order valence-electron chi connectivity index (χ2n) is 4.63. The summed E-state index contributed by atoms with van der Waals surface area (Å²) >= 11 is 0. The molecule has 5 heteroatoms. The van der Waals surface area contributed by atoms with Crippen molar-refractivity contribution in [2.45, 2.75) is 38.5 Å². The van der Waals surface area contributed by atoms with Gasteiger partial charge in [-0.2, -0.15) is 0 Å². The summed E-state index contributed by atoms with van der Waals surface area (Å²) in [6.45, 7) is -0.133. The minimum absolute atomic E-state index is 0.00347. The summed E-state index contributed by atoms with van der Waals surface area (Å²) in [5.74, 6) is 0. The third-order valence-corrected chi connectivity index (χ3v) is 3.09. The highest BCUT2D eigenvalue weighted by Crippen LogP contribution is 2.20. The van der Waals surface area contributed by atoms with Crippen molar-refractivity contribution in [1.29, 1.82) is 0 Å². The molecule has 94 valence electrons. The zero-order chi connectivity index (χ0) is 12.0. The van der Waals surface area contributed by atoms with E-state index < -0.39 is 12.4 Å². The Balaban J connectivity index is 2.40. The highest BCUT2D eigenvalue weighted by molar-refractivity contribution is 6.66. The van der Waals surface area contributed by atoms with Crippen molar-refractivity contribution in [2.24, 2.45) is 0 Å². The largest absolute Gasteiger partial charge is 0.506 e. The van der Waals surface area contributed by atoms with Crippen molar-refractivity contribution in [3.8, 4) is 0 Å². The molecule has 0 aliphatic carbocycles. The van der Waals surface area contributed by atoms with Crippen LogP contribution in [0.15, 0.2) is 12.1 Å². The lowest BCUT2D eigenvalue weighted by atomic mass is 9.80. The molecule has 0 atom stereocenters. The van der Waals surface area contributed by atoms with Crippen LogP contribution < -0.4 is 0 Å². The van der Waals surface area contributed by atoms with E-state index in [0.29, 0.717) is 0 Å². The first-order valence-corrected chi connectivity index (χ1v) is 6.10. The fourth-order valence-electron chi connectivity index (χ4n) is 2.04. The van der Waals surface area contributed by atoms with E-state index in [9.17, 15) is 12.9 Å². The third-order valence-electron chi connectivity index (χ3n) is 3.09. The Labute approximate surface area is 95.8 Å². The fourth-order valence-corrected chi connectivity index (χ4v) is 2.04. The summed E-state index contributed by atoms with van der Waals surface area (Å²) in [7, 11) is 0. The zero-order valence-corrected chi connectivity index (χ0v) is 9.73. The van der Waals surface area contributed by atoms with Crippen molar-refractivity contribution < 1.29 is 12.9 Å². The van der Waals surface area contributed by atoms with E-state index >= 15 is 0 Å². The van der Waals surface area contributed by atoms with E-state index in [4.69, 9.17) is 0 Å². The van der Waals surface area contributed by atoms with Gasteiger partial charge in [0.15, 0.2) is 0 Å². The van der Waals surface area contributed by atoms with Crippen LogP contribution in [0.3, 0.4) is 0 Å². The molecule has 0 amide bonds. The Morgan fingerprint density at radius 3 is 1.81 bits per heavy atom. The maximum Gasteiger partial charge on any atom is 0.506 e. The molecule has 0 aromatic heterocycles. The molecule has 1 fully saturated rings. The molecule has 0 saturated carbocycles. The molecule has 16 heavy (non-hydrogen) atoms. The first-order valence-electron chi connectivity index (χ1n) is 6.10. The average Bonchev–Trinajstić information content (AvgIpc) is 2.30. The van der Waals surface area contributed by atoms with Gasteiger partial charge in [-0.05, 0) is 32.5 Å². The predicted octanol–water partition coefficient (Wildman–Crippen LogP) is 3.59. The molecule has 0 aromatic rings. The Morgan fingerprint density at radius 2 is 1.38 bits per heavy atom. The minimum Gasteiger partial charge on any atom is -0.445 e. The molecule has 1 aliphatic rings. The van der Waals surface area contributed by atoms with Crippen LogP contribution in [-0.2, 0) is 0 Å². The lowest BCUT2D eigenvalue weighted by Crippen LogP contribution is -2.34. The van der Waals surface area contributed by atoms with Crippen molar-refractivity contribution in [3.05, 3.63) is 12.1 Å². The molecular formula is C11H20BF3N-. The topological polar surface area (TPSA) is 3.24 Å². The van der Waals surface area contributed by atoms with Crippen LogP contribution in [0.5, 0.6) is 0 Å². The Hall–Kier alpha value is -0.445. The van der Waals surface area contributed by atoms with Crippen LogP contribution in [0.1, 0.15) is 38.5 Å². The fraction of sp³-hybridized carbons (Fsp3) is 0.818. The highest BCUT2D eigenvalue weighted by atomic mass is 19.4. The van der Waals surface area contributed by atoms with Gasteiger partial charge in [0, 0.05) is 0 Å². The summed E-state index contributed by atoms with van der Waals surface area (Å²) in [4.78, 5) is 1.91. The summed E-state index contributed by atoms with van der Waals surface area (Å²) in [6.07, 6.45) is 6.74. The van der Waals surface area contributed by atoms with E-state index in [-0.39, 0.29) is 6.54 Å². The van der Waals surface area contributed by atoms with E-state index in [0.717, 1.165) is 38.8 Å². The first kappa shape index (κ1) is 13.6. The average molecular weight is 234 g/mol. The minimum atomic E-state index is -4.86. The van der Waals surface area contributed by atoms with Crippen LogP contribution in [-0.4, -0.2) is 31.5 Å². The van der Waals surface area contributed by atoms with Crippen molar-refractivity contribution in [2.75, 3.05) is 19.6 Å². The van der Waals surface area contributed by atoms with Crippen LogP contribution in [0.25, 0.3) is 0 Å². The SMILES string of the molecule is C=C(CN1CCCCCCCC1)[B-](F)(F)F. The quantitative estimate of drug-likeness (QED) is 0.674. The molecular weight excluding hydrogens is 214 g/mol. The highest BCUT2D eigenvalue weighted by Gasteiger charge is 2.27. The molecule has 1 heterocycles. The third kappa shape index (κ3) is 5.06. The van der Waals surface area contributed by atoms with Crippen LogP contribution in [0.4, 0.5) is 12.9 Å². The lowest BCUT2D eigenvalue weighted by Gasteiger charge is -2.27. The molecule has 1 rings (SSSR count). The molecule has 0 unspecified atom stereocenters. The summed E-state index contributed by atoms with van der Waals surface area (Å²) in [5.41, 5.74) is -0.556.